The van der Waals surface area contributed by atoms with E-state index in [4.69, 9.17) is 0 Å². The van der Waals surface area contributed by atoms with Crippen LogP contribution in [0.15, 0.2) is 23.2 Å². The van der Waals surface area contributed by atoms with E-state index < -0.39 is 5.82 Å². The maximum atomic E-state index is 13.4. The van der Waals surface area contributed by atoms with Gasteiger partial charge in [0.25, 0.3) is 0 Å². The molecule has 1 rings (SSSR count). The number of aliphatic imine (C=N–C) groups is 1. The Morgan fingerprint density at radius 3 is 2.28 bits per heavy atom. The molecule has 100 valence electrons. The minimum absolute atomic E-state index is 0.357. The summed E-state index contributed by atoms with van der Waals surface area (Å²) in [5.41, 5.74) is 0.357. The molecule has 0 heterocycles. The lowest BCUT2D eigenvalue weighted by molar-refractivity contribution is 0.479. The van der Waals surface area contributed by atoms with Gasteiger partial charge in [-0.1, -0.05) is 0 Å². The van der Waals surface area contributed by atoms with E-state index in [1.165, 1.54) is 6.07 Å². The van der Waals surface area contributed by atoms with Gasteiger partial charge in [0.15, 0.2) is 5.96 Å². The molecule has 0 spiro atoms. The summed E-state index contributed by atoms with van der Waals surface area (Å²) in [6, 6.07) is 3.48. The molecule has 0 radical (unpaired) electrons. The van der Waals surface area contributed by atoms with Crippen LogP contribution in [0.3, 0.4) is 0 Å². The molecule has 0 unspecified atom stereocenters. The largest absolute Gasteiger partial charge is 0.349 e. The highest BCUT2D eigenvalue weighted by Crippen LogP contribution is 2.10. The van der Waals surface area contributed by atoms with E-state index in [-0.39, 0.29) is 5.82 Å². The summed E-state index contributed by atoms with van der Waals surface area (Å²) in [7, 11) is 7.56. The lowest BCUT2D eigenvalue weighted by Crippen LogP contribution is -2.35. The van der Waals surface area contributed by atoms with E-state index in [2.05, 4.69) is 4.99 Å². The number of rotatable bonds is 3. The van der Waals surface area contributed by atoms with Crippen LogP contribution in [0.2, 0.25) is 0 Å². The van der Waals surface area contributed by atoms with E-state index in [0.29, 0.717) is 18.5 Å². The molecule has 0 aliphatic rings. The van der Waals surface area contributed by atoms with Crippen molar-refractivity contribution in [2.75, 3.05) is 34.7 Å². The van der Waals surface area contributed by atoms with Crippen LogP contribution < -0.4 is 0 Å². The van der Waals surface area contributed by atoms with Crippen LogP contribution in [0.25, 0.3) is 0 Å². The molecule has 0 aliphatic heterocycles. The van der Waals surface area contributed by atoms with Crippen LogP contribution in [0.5, 0.6) is 0 Å². The van der Waals surface area contributed by atoms with E-state index in [1.807, 2.05) is 38.0 Å². The van der Waals surface area contributed by atoms with Gasteiger partial charge in [0, 0.05) is 34.7 Å². The first-order chi connectivity index (χ1) is 8.41. The van der Waals surface area contributed by atoms with Crippen molar-refractivity contribution in [1.29, 1.82) is 0 Å². The normalized spacial score (nSPS) is 10.1. The fourth-order valence-corrected chi connectivity index (χ4v) is 1.69. The average molecular weight is 255 g/mol. The fraction of sp³-hybridized carbons (Fsp3) is 0.462. The summed E-state index contributed by atoms with van der Waals surface area (Å²) >= 11 is 0. The summed E-state index contributed by atoms with van der Waals surface area (Å²) in [6.07, 6.45) is 0.384. The minimum atomic E-state index is -0.421. The molecule has 0 aliphatic carbocycles. The Labute approximate surface area is 107 Å². The summed E-state index contributed by atoms with van der Waals surface area (Å²) < 4.78 is 26.3. The Hall–Kier alpha value is -1.65. The SMILES string of the molecule is CN(C)C(=NCCc1cc(F)ccc1F)N(C)C. The maximum absolute atomic E-state index is 13.4. The van der Waals surface area contributed by atoms with Crippen LogP contribution in [-0.2, 0) is 6.42 Å². The monoisotopic (exact) mass is 255 g/mol. The highest BCUT2D eigenvalue weighted by molar-refractivity contribution is 5.79. The Morgan fingerprint density at radius 2 is 1.72 bits per heavy atom. The van der Waals surface area contributed by atoms with Crippen molar-refractivity contribution in [3.63, 3.8) is 0 Å². The van der Waals surface area contributed by atoms with Gasteiger partial charge in [0.1, 0.15) is 11.6 Å². The van der Waals surface area contributed by atoms with Gasteiger partial charge < -0.3 is 9.80 Å². The van der Waals surface area contributed by atoms with Crippen molar-refractivity contribution in [1.82, 2.24) is 9.80 Å². The van der Waals surface area contributed by atoms with Crippen molar-refractivity contribution in [2.24, 2.45) is 4.99 Å². The van der Waals surface area contributed by atoms with Crippen molar-refractivity contribution in [2.45, 2.75) is 6.42 Å². The van der Waals surface area contributed by atoms with Crippen molar-refractivity contribution >= 4 is 5.96 Å². The van der Waals surface area contributed by atoms with Crippen LogP contribution in [-0.4, -0.2) is 50.5 Å². The van der Waals surface area contributed by atoms with Gasteiger partial charge in [-0.15, -0.1) is 0 Å². The number of hydrogen-bond acceptors (Lipinski definition) is 1. The lowest BCUT2D eigenvalue weighted by atomic mass is 10.1. The zero-order valence-electron chi connectivity index (χ0n) is 11.2. The standard InChI is InChI=1S/C13H19F2N3/c1-17(2)13(18(3)4)16-8-7-10-9-11(14)5-6-12(10)15/h5-6,9H,7-8H2,1-4H3. The second-order valence-electron chi connectivity index (χ2n) is 4.46. The zero-order chi connectivity index (χ0) is 13.7. The second kappa shape index (κ2) is 6.33. The van der Waals surface area contributed by atoms with Crippen LogP contribution in [0, 0.1) is 11.6 Å². The Balaban J connectivity index is 2.70. The maximum Gasteiger partial charge on any atom is 0.195 e. The molecule has 0 bridgehead atoms. The van der Waals surface area contributed by atoms with Gasteiger partial charge in [-0.05, 0) is 30.2 Å². The average Bonchev–Trinajstić information content (AvgIpc) is 2.27. The number of nitrogens with zero attached hydrogens (tertiary/aromatic N) is 3. The van der Waals surface area contributed by atoms with Crippen LogP contribution in [0.4, 0.5) is 8.78 Å². The highest BCUT2D eigenvalue weighted by atomic mass is 19.1. The molecule has 0 aromatic heterocycles. The zero-order valence-corrected chi connectivity index (χ0v) is 11.2. The molecule has 1 aromatic rings. The lowest BCUT2D eigenvalue weighted by Gasteiger charge is -2.22. The summed E-state index contributed by atoms with van der Waals surface area (Å²) in [5.74, 6) is -0.00881. The Kier molecular flexibility index (Phi) is 5.07. The summed E-state index contributed by atoms with van der Waals surface area (Å²) in [5, 5.41) is 0. The molecule has 0 saturated heterocycles. The molecule has 3 nitrogen and oxygen atoms in total. The molecule has 0 N–H and O–H groups in total. The molecule has 0 atom stereocenters. The Bertz CT molecular complexity index is 418. The van der Waals surface area contributed by atoms with Gasteiger partial charge in [0.05, 0.1) is 0 Å². The molecule has 1 aromatic carbocycles. The molecular formula is C13H19F2N3. The summed E-state index contributed by atoms with van der Waals surface area (Å²) in [4.78, 5) is 8.12. The predicted octanol–water partition coefficient (Wildman–Crippen LogP) is 1.99. The number of halogens is 2. The van der Waals surface area contributed by atoms with Gasteiger partial charge in [-0.2, -0.15) is 0 Å². The third-order valence-electron chi connectivity index (χ3n) is 2.44. The minimum Gasteiger partial charge on any atom is -0.349 e. The molecule has 0 amide bonds. The smallest absolute Gasteiger partial charge is 0.195 e. The van der Waals surface area contributed by atoms with Crippen LogP contribution >= 0.6 is 0 Å². The highest BCUT2D eigenvalue weighted by Gasteiger charge is 2.06. The quantitative estimate of drug-likeness (QED) is 0.607. The molecule has 18 heavy (non-hydrogen) atoms. The first-order valence-electron chi connectivity index (χ1n) is 5.75. The molecule has 0 saturated carbocycles. The molecular weight excluding hydrogens is 236 g/mol. The van der Waals surface area contributed by atoms with Crippen LogP contribution in [0.1, 0.15) is 5.56 Å². The van der Waals surface area contributed by atoms with Gasteiger partial charge in [0.2, 0.25) is 0 Å². The second-order valence-corrected chi connectivity index (χ2v) is 4.46. The van der Waals surface area contributed by atoms with E-state index in [1.54, 1.807) is 0 Å². The predicted molar refractivity (Wildman–Crippen MR) is 69.7 cm³/mol. The van der Waals surface area contributed by atoms with Gasteiger partial charge >= 0.3 is 0 Å². The Morgan fingerprint density at radius 1 is 1.11 bits per heavy atom. The molecule has 5 heteroatoms. The number of guanidine groups is 1. The van der Waals surface area contributed by atoms with E-state index in [0.717, 1.165) is 18.1 Å². The first-order valence-corrected chi connectivity index (χ1v) is 5.75. The summed E-state index contributed by atoms with van der Waals surface area (Å²) in [6.45, 7) is 0.423. The van der Waals surface area contributed by atoms with E-state index in [9.17, 15) is 8.78 Å². The first kappa shape index (κ1) is 14.4. The molecule has 0 fully saturated rings. The fourth-order valence-electron chi connectivity index (χ4n) is 1.69. The third-order valence-corrected chi connectivity index (χ3v) is 2.44. The van der Waals surface area contributed by atoms with Gasteiger partial charge in [-0.25, -0.2) is 8.78 Å². The van der Waals surface area contributed by atoms with E-state index >= 15 is 0 Å². The van der Waals surface area contributed by atoms with Gasteiger partial charge in [-0.3, -0.25) is 4.99 Å². The van der Waals surface area contributed by atoms with Crippen molar-refractivity contribution < 1.29 is 8.78 Å². The third kappa shape index (κ3) is 3.98. The van der Waals surface area contributed by atoms with Crippen molar-refractivity contribution in [3.05, 3.63) is 35.4 Å². The number of benzene rings is 1. The topological polar surface area (TPSA) is 18.8 Å². The van der Waals surface area contributed by atoms with Crippen molar-refractivity contribution in [3.8, 4) is 0 Å². The number of hydrogen-bond donors (Lipinski definition) is 0.